The summed E-state index contributed by atoms with van der Waals surface area (Å²) < 4.78 is 1.63. The van der Waals surface area contributed by atoms with Crippen molar-refractivity contribution in [1.82, 2.24) is 14.8 Å². The minimum atomic E-state index is -0.212. The summed E-state index contributed by atoms with van der Waals surface area (Å²) in [5, 5.41) is 7.65. The van der Waals surface area contributed by atoms with E-state index in [1.807, 2.05) is 6.07 Å². The number of aryl methyl sites for hydroxylation is 1. The molecule has 96 valence electrons. The number of hydrogen-bond donors (Lipinski definition) is 3. The van der Waals surface area contributed by atoms with Gasteiger partial charge in [-0.1, -0.05) is 0 Å². The maximum absolute atomic E-state index is 12.2. The number of amides is 1. The van der Waals surface area contributed by atoms with Gasteiger partial charge in [-0.2, -0.15) is 5.10 Å². The summed E-state index contributed by atoms with van der Waals surface area (Å²) in [6, 6.07) is 7.15. The zero-order valence-electron chi connectivity index (χ0n) is 10.3. The number of hydrogen-bond acceptors (Lipinski definition) is 3. The van der Waals surface area contributed by atoms with Gasteiger partial charge in [-0.05, 0) is 18.2 Å². The highest BCUT2D eigenvalue weighted by molar-refractivity contribution is 6.12. The van der Waals surface area contributed by atoms with Crippen molar-refractivity contribution < 1.29 is 4.79 Å². The molecule has 0 spiro atoms. The Morgan fingerprint density at radius 1 is 1.42 bits per heavy atom. The van der Waals surface area contributed by atoms with E-state index in [1.54, 1.807) is 42.3 Å². The van der Waals surface area contributed by atoms with E-state index in [9.17, 15) is 4.79 Å². The maximum Gasteiger partial charge on any atom is 0.259 e. The van der Waals surface area contributed by atoms with Crippen molar-refractivity contribution >= 4 is 28.3 Å². The van der Waals surface area contributed by atoms with E-state index in [0.717, 1.165) is 10.9 Å². The van der Waals surface area contributed by atoms with Crippen LogP contribution >= 0.6 is 0 Å². The van der Waals surface area contributed by atoms with Crippen LogP contribution in [0.15, 0.2) is 36.7 Å². The van der Waals surface area contributed by atoms with Crippen LogP contribution < -0.4 is 11.1 Å². The third kappa shape index (κ3) is 2.03. The molecule has 0 aliphatic rings. The average Bonchev–Trinajstić information content (AvgIpc) is 2.95. The molecule has 3 aromatic rings. The van der Waals surface area contributed by atoms with Gasteiger partial charge in [0.1, 0.15) is 0 Å². The molecule has 0 bridgehead atoms. The van der Waals surface area contributed by atoms with Crippen molar-refractivity contribution in [3.05, 3.63) is 42.2 Å². The van der Waals surface area contributed by atoms with Crippen LogP contribution in [0.4, 0.5) is 11.5 Å². The predicted molar refractivity (Wildman–Crippen MR) is 73.9 cm³/mol. The highest BCUT2D eigenvalue weighted by Gasteiger charge is 2.13. The molecule has 0 aliphatic heterocycles. The van der Waals surface area contributed by atoms with Gasteiger partial charge in [-0.15, -0.1) is 0 Å². The lowest BCUT2D eigenvalue weighted by Gasteiger charge is -2.01. The summed E-state index contributed by atoms with van der Waals surface area (Å²) in [6.45, 7) is 0. The third-order valence-corrected chi connectivity index (χ3v) is 2.91. The van der Waals surface area contributed by atoms with Gasteiger partial charge in [0.25, 0.3) is 5.91 Å². The van der Waals surface area contributed by atoms with Crippen LogP contribution in [0, 0.1) is 0 Å². The first kappa shape index (κ1) is 11.3. The number of anilines is 2. The molecule has 0 saturated carbocycles. The molecule has 6 heteroatoms. The zero-order valence-corrected chi connectivity index (χ0v) is 10.3. The second kappa shape index (κ2) is 4.16. The highest BCUT2D eigenvalue weighted by atomic mass is 16.1. The molecule has 2 heterocycles. The monoisotopic (exact) mass is 255 g/mol. The van der Waals surface area contributed by atoms with Gasteiger partial charge in [0.05, 0.1) is 5.56 Å². The lowest BCUT2D eigenvalue weighted by atomic mass is 10.1. The van der Waals surface area contributed by atoms with Crippen molar-refractivity contribution in [1.29, 1.82) is 0 Å². The Kier molecular flexibility index (Phi) is 2.49. The van der Waals surface area contributed by atoms with E-state index < -0.39 is 0 Å². The largest absolute Gasteiger partial charge is 0.399 e. The van der Waals surface area contributed by atoms with Gasteiger partial charge < -0.3 is 16.0 Å². The Hall–Kier alpha value is -2.76. The van der Waals surface area contributed by atoms with Crippen LogP contribution in [0.5, 0.6) is 0 Å². The molecule has 0 radical (unpaired) electrons. The van der Waals surface area contributed by atoms with E-state index in [-0.39, 0.29) is 5.91 Å². The fraction of sp³-hybridized carbons (Fsp3) is 0.0769. The summed E-state index contributed by atoms with van der Waals surface area (Å²) in [5.41, 5.74) is 7.80. The van der Waals surface area contributed by atoms with Gasteiger partial charge in [0, 0.05) is 42.1 Å². The average molecular weight is 255 g/mol. The number of fused-ring (bicyclic) bond motifs is 1. The zero-order chi connectivity index (χ0) is 13.4. The number of carbonyl (C=O) groups is 1. The van der Waals surface area contributed by atoms with Gasteiger partial charge in [-0.3, -0.25) is 9.48 Å². The first-order chi connectivity index (χ1) is 9.13. The molecule has 1 amide bonds. The SMILES string of the molecule is Cn1ccc(NC(=O)c2c[nH]c3ccc(N)cc23)n1. The fourth-order valence-corrected chi connectivity index (χ4v) is 1.99. The number of H-pyrrole nitrogens is 1. The van der Waals surface area contributed by atoms with E-state index in [2.05, 4.69) is 15.4 Å². The summed E-state index contributed by atoms with van der Waals surface area (Å²) in [6.07, 6.45) is 3.44. The third-order valence-electron chi connectivity index (χ3n) is 2.91. The molecule has 6 nitrogen and oxygen atoms in total. The molecule has 0 aliphatic carbocycles. The first-order valence-corrected chi connectivity index (χ1v) is 5.81. The van der Waals surface area contributed by atoms with Crippen molar-refractivity contribution in [2.75, 3.05) is 11.1 Å². The van der Waals surface area contributed by atoms with Crippen molar-refractivity contribution in [2.24, 2.45) is 7.05 Å². The van der Waals surface area contributed by atoms with Gasteiger partial charge in [0.2, 0.25) is 0 Å². The fourth-order valence-electron chi connectivity index (χ4n) is 1.99. The lowest BCUT2D eigenvalue weighted by molar-refractivity contribution is 0.102. The topological polar surface area (TPSA) is 88.7 Å². The molecule has 4 N–H and O–H groups in total. The molecule has 0 fully saturated rings. The van der Waals surface area contributed by atoms with Crippen LogP contribution in [0.25, 0.3) is 10.9 Å². The molecule has 3 rings (SSSR count). The quantitative estimate of drug-likeness (QED) is 0.609. The Morgan fingerprint density at radius 2 is 2.26 bits per heavy atom. The van der Waals surface area contributed by atoms with Crippen molar-refractivity contribution in [3.63, 3.8) is 0 Å². The minimum absolute atomic E-state index is 0.212. The number of aromatic amines is 1. The second-order valence-corrected chi connectivity index (χ2v) is 4.34. The number of nitrogen functional groups attached to an aromatic ring is 1. The number of carbonyl (C=O) groups excluding carboxylic acids is 1. The van der Waals surface area contributed by atoms with Crippen LogP contribution in [-0.2, 0) is 7.05 Å². The number of rotatable bonds is 2. The molecule has 19 heavy (non-hydrogen) atoms. The van der Waals surface area contributed by atoms with Gasteiger partial charge >= 0.3 is 0 Å². The number of nitrogens with two attached hydrogens (primary N) is 1. The first-order valence-electron chi connectivity index (χ1n) is 5.81. The standard InChI is InChI=1S/C13H13N5O/c1-18-5-4-12(17-18)16-13(19)10-7-15-11-3-2-8(14)6-9(10)11/h2-7,15H,14H2,1H3,(H,16,17,19). The summed E-state index contributed by atoms with van der Waals surface area (Å²) in [5.74, 6) is 0.307. The second-order valence-electron chi connectivity index (χ2n) is 4.34. The molecule has 2 aromatic heterocycles. The van der Waals surface area contributed by atoms with Crippen molar-refractivity contribution in [3.8, 4) is 0 Å². The Morgan fingerprint density at radius 3 is 3.00 bits per heavy atom. The highest BCUT2D eigenvalue weighted by Crippen LogP contribution is 2.21. The van der Waals surface area contributed by atoms with Crippen molar-refractivity contribution in [2.45, 2.75) is 0 Å². The van der Waals surface area contributed by atoms with E-state index >= 15 is 0 Å². The van der Waals surface area contributed by atoms with E-state index in [0.29, 0.717) is 17.1 Å². The Bertz CT molecular complexity index is 755. The summed E-state index contributed by atoms with van der Waals surface area (Å²) in [4.78, 5) is 15.2. The van der Waals surface area contributed by atoms with Gasteiger partial charge in [0.15, 0.2) is 5.82 Å². The summed E-state index contributed by atoms with van der Waals surface area (Å²) in [7, 11) is 1.79. The van der Waals surface area contributed by atoms with Crippen LogP contribution in [0.2, 0.25) is 0 Å². The van der Waals surface area contributed by atoms with Gasteiger partial charge in [-0.25, -0.2) is 0 Å². The molecular formula is C13H13N5O. The molecular weight excluding hydrogens is 242 g/mol. The molecule has 0 saturated heterocycles. The molecule has 0 unspecified atom stereocenters. The smallest absolute Gasteiger partial charge is 0.259 e. The molecule has 0 atom stereocenters. The summed E-state index contributed by atoms with van der Waals surface area (Å²) >= 11 is 0. The minimum Gasteiger partial charge on any atom is -0.399 e. The maximum atomic E-state index is 12.2. The normalized spacial score (nSPS) is 10.8. The number of aromatic nitrogens is 3. The number of nitrogens with zero attached hydrogens (tertiary/aromatic N) is 2. The Balaban J connectivity index is 1.95. The molecule has 1 aromatic carbocycles. The number of nitrogens with one attached hydrogen (secondary N) is 2. The van der Waals surface area contributed by atoms with E-state index in [4.69, 9.17) is 5.73 Å². The van der Waals surface area contributed by atoms with Crippen LogP contribution in [0.3, 0.4) is 0 Å². The predicted octanol–water partition coefficient (Wildman–Crippen LogP) is 1.74. The lowest BCUT2D eigenvalue weighted by Crippen LogP contribution is -2.12. The Labute approximate surface area is 109 Å². The van der Waals surface area contributed by atoms with Crippen LogP contribution in [-0.4, -0.2) is 20.7 Å². The van der Waals surface area contributed by atoms with E-state index in [1.165, 1.54) is 0 Å². The number of benzene rings is 1. The van der Waals surface area contributed by atoms with Crippen LogP contribution in [0.1, 0.15) is 10.4 Å².